The molecule has 0 fully saturated rings. The van der Waals surface area contributed by atoms with Gasteiger partial charge < -0.3 is 9.26 Å². The fraction of sp³-hybridized carbons (Fsp3) is 0.231. The van der Waals surface area contributed by atoms with Crippen molar-refractivity contribution in [2.75, 3.05) is 6.61 Å². The van der Waals surface area contributed by atoms with Crippen LogP contribution in [-0.4, -0.2) is 18.2 Å². The second-order valence-electron chi connectivity index (χ2n) is 3.79. The van der Waals surface area contributed by atoms with E-state index in [4.69, 9.17) is 4.52 Å². The lowest BCUT2D eigenvalue weighted by atomic mass is 10.0. The van der Waals surface area contributed by atoms with E-state index in [1.54, 1.807) is 19.1 Å². The zero-order valence-electron chi connectivity index (χ0n) is 9.85. The van der Waals surface area contributed by atoms with Crippen LogP contribution in [0.4, 0.5) is 4.39 Å². The average Bonchev–Trinajstić information content (AvgIpc) is 2.72. The maximum atomic E-state index is 13.2. The Kier molecular flexibility index (Phi) is 3.72. The smallest absolute Gasteiger partial charge is 0.293 e. The summed E-state index contributed by atoms with van der Waals surface area (Å²) in [6.45, 7) is 2.41. The van der Waals surface area contributed by atoms with E-state index >= 15 is 0 Å². The third-order valence-corrected chi connectivity index (χ3v) is 2.62. The number of rotatable bonds is 5. The molecule has 2 aromatic rings. The lowest BCUT2D eigenvalue weighted by Crippen LogP contribution is -1.98. The van der Waals surface area contributed by atoms with Gasteiger partial charge in [-0.25, -0.2) is 4.39 Å². The van der Waals surface area contributed by atoms with Crippen LogP contribution in [0.1, 0.15) is 11.3 Å². The second kappa shape index (κ2) is 5.44. The van der Waals surface area contributed by atoms with Crippen molar-refractivity contribution in [1.29, 1.82) is 0 Å². The Balaban J connectivity index is 2.30. The number of hydrogen-bond donors (Lipinski definition) is 0. The topological polar surface area (TPSA) is 52.3 Å². The van der Waals surface area contributed by atoms with E-state index < -0.39 is 0 Å². The van der Waals surface area contributed by atoms with Gasteiger partial charge in [-0.2, -0.15) is 0 Å². The largest absolute Gasteiger partial charge is 0.468 e. The lowest BCUT2D eigenvalue weighted by molar-refractivity contribution is -0.128. The summed E-state index contributed by atoms with van der Waals surface area (Å²) in [6, 6.07) is 6.12. The van der Waals surface area contributed by atoms with Crippen molar-refractivity contribution >= 4 is 6.47 Å². The average molecular weight is 249 g/mol. The highest BCUT2D eigenvalue weighted by Crippen LogP contribution is 2.26. The molecule has 18 heavy (non-hydrogen) atoms. The Morgan fingerprint density at radius 3 is 3.06 bits per heavy atom. The fourth-order valence-electron chi connectivity index (χ4n) is 1.76. The fourth-order valence-corrected chi connectivity index (χ4v) is 1.76. The van der Waals surface area contributed by atoms with Crippen molar-refractivity contribution in [3.63, 3.8) is 0 Å². The Morgan fingerprint density at radius 1 is 1.50 bits per heavy atom. The second-order valence-corrected chi connectivity index (χ2v) is 3.79. The Hall–Kier alpha value is -2.17. The van der Waals surface area contributed by atoms with Crippen molar-refractivity contribution in [2.45, 2.75) is 13.3 Å². The third-order valence-electron chi connectivity index (χ3n) is 2.62. The molecule has 1 aromatic carbocycles. The molecule has 5 heteroatoms. The van der Waals surface area contributed by atoms with Gasteiger partial charge >= 0.3 is 0 Å². The van der Waals surface area contributed by atoms with Crippen LogP contribution in [0, 0.1) is 12.7 Å². The molecule has 1 aromatic heterocycles. The van der Waals surface area contributed by atoms with E-state index in [0.717, 1.165) is 5.56 Å². The molecule has 0 aliphatic rings. The number of aryl methyl sites for hydroxylation is 1. The predicted molar refractivity (Wildman–Crippen MR) is 62.4 cm³/mol. The number of aromatic nitrogens is 1. The zero-order valence-corrected chi connectivity index (χ0v) is 9.85. The van der Waals surface area contributed by atoms with Gasteiger partial charge in [0.15, 0.2) is 0 Å². The standard InChI is InChI=1S/C13H12FNO3/c1-9-12(5-6-17-8-16)13(15-18-9)10-3-2-4-11(14)7-10/h2-4,7-8H,5-6H2,1H3. The highest BCUT2D eigenvalue weighted by atomic mass is 19.1. The maximum absolute atomic E-state index is 13.2. The molecule has 0 radical (unpaired) electrons. The first-order valence-corrected chi connectivity index (χ1v) is 5.48. The van der Waals surface area contributed by atoms with Crippen molar-refractivity contribution in [2.24, 2.45) is 0 Å². The van der Waals surface area contributed by atoms with Crippen LogP contribution < -0.4 is 0 Å². The van der Waals surface area contributed by atoms with Crippen LogP contribution in [0.25, 0.3) is 11.3 Å². The molecular formula is C13H12FNO3. The molecule has 0 bridgehead atoms. The quantitative estimate of drug-likeness (QED) is 0.603. The van der Waals surface area contributed by atoms with Crippen LogP contribution >= 0.6 is 0 Å². The predicted octanol–water partition coefficient (Wildman–Crippen LogP) is 2.50. The molecule has 0 atom stereocenters. The maximum Gasteiger partial charge on any atom is 0.293 e. The molecule has 0 aliphatic carbocycles. The summed E-state index contributed by atoms with van der Waals surface area (Å²) in [5.74, 6) is 0.312. The molecule has 2 rings (SSSR count). The molecule has 4 nitrogen and oxygen atoms in total. The molecule has 0 saturated heterocycles. The number of carbonyl (C=O) groups excluding carboxylic acids is 1. The number of benzene rings is 1. The first kappa shape index (κ1) is 12.3. The molecule has 94 valence electrons. The molecule has 0 unspecified atom stereocenters. The van der Waals surface area contributed by atoms with Crippen LogP contribution in [0.2, 0.25) is 0 Å². The SMILES string of the molecule is Cc1onc(-c2cccc(F)c2)c1CCOC=O. The first-order chi connectivity index (χ1) is 8.72. The molecule has 1 heterocycles. The molecule has 0 N–H and O–H groups in total. The normalized spacial score (nSPS) is 10.3. The summed E-state index contributed by atoms with van der Waals surface area (Å²) in [6.07, 6.45) is 0.486. The monoisotopic (exact) mass is 249 g/mol. The van der Waals surface area contributed by atoms with Gasteiger partial charge in [0.05, 0.1) is 6.61 Å². The summed E-state index contributed by atoms with van der Waals surface area (Å²) in [5, 5.41) is 3.92. The molecule has 0 spiro atoms. The summed E-state index contributed by atoms with van der Waals surface area (Å²) >= 11 is 0. The van der Waals surface area contributed by atoms with Gasteiger partial charge in [0.1, 0.15) is 17.3 Å². The van der Waals surface area contributed by atoms with Crippen molar-refractivity contribution in [3.8, 4) is 11.3 Å². The van der Waals surface area contributed by atoms with E-state index in [2.05, 4.69) is 9.89 Å². The van der Waals surface area contributed by atoms with Gasteiger partial charge in [0, 0.05) is 17.5 Å². The van der Waals surface area contributed by atoms with E-state index in [0.29, 0.717) is 29.9 Å². The number of ether oxygens (including phenoxy) is 1. The zero-order chi connectivity index (χ0) is 13.0. The summed E-state index contributed by atoms with van der Waals surface area (Å²) in [7, 11) is 0. The van der Waals surface area contributed by atoms with Gasteiger partial charge in [-0.1, -0.05) is 17.3 Å². The van der Waals surface area contributed by atoms with Gasteiger partial charge in [-0.05, 0) is 19.1 Å². The molecule has 0 saturated carbocycles. The van der Waals surface area contributed by atoms with Gasteiger partial charge in [0.2, 0.25) is 0 Å². The first-order valence-electron chi connectivity index (χ1n) is 5.48. The van der Waals surface area contributed by atoms with E-state index in [-0.39, 0.29) is 12.4 Å². The Labute approximate surface area is 103 Å². The van der Waals surface area contributed by atoms with Crippen molar-refractivity contribution in [3.05, 3.63) is 41.4 Å². The van der Waals surface area contributed by atoms with E-state index in [9.17, 15) is 9.18 Å². The number of hydrogen-bond acceptors (Lipinski definition) is 4. The number of carbonyl (C=O) groups is 1. The Bertz CT molecular complexity index is 551. The van der Waals surface area contributed by atoms with Gasteiger partial charge in [-0.15, -0.1) is 0 Å². The molecule has 0 aliphatic heterocycles. The van der Waals surface area contributed by atoms with Gasteiger partial charge in [0.25, 0.3) is 6.47 Å². The van der Waals surface area contributed by atoms with Crippen LogP contribution in [-0.2, 0) is 16.0 Å². The molecular weight excluding hydrogens is 237 g/mol. The van der Waals surface area contributed by atoms with Crippen LogP contribution in [0.15, 0.2) is 28.8 Å². The summed E-state index contributed by atoms with van der Waals surface area (Å²) in [4.78, 5) is 10.1. The minimum atomic E-state index is -0.330. The highest BCUT2D eigenvalue weighted by Gasteiger charge is 2.14. The lowest BCUT2D eigenvalue weighted by Gasteiger charge is -2.02. The van der Waals surface area contributed by atoms with E-state index in [1.807, 2.05) is 0 Å². The number of halogens is 1. The summed E-state index contributed by atoms with van der Waals surface area (Å²) in [5.41, 5.74) is 2.05. The Morgan fingerprint density at radius 2 is 2.33 bits per heavy atom. The molecule has 0 amide bonds. The minimum absolute atomic E-state index is 0.244. The van der Waals surface area contributed by atoms with Crippen molar-refractivity contribution in [1.82, 2.24) is 5.16 Å². The minimum Gasteiger partial charge on any atom is -0.468 e. The number of nitrogens with zero attached hydrogens (tertiary/aromatic N) is 1. The van der Waals surface area contributed by atoms with Crippen LogP contribution in [0.5, 0.6) is 0 Å². The third kappa shape index (κ3) is 2.56. The van der Waals surface area contributed by atoms with Crippen molar-refractivity contribution < 1.29 is 18.4 Å². The van der Waals surface area contributed by atoms with E-state index in [1.165, 1.54) is 12.1 Å². The highest BCUT2D eigenvalue weighted by molar-refractivity contribution is 5.63. The summed E-state index contributed by atoms with van der Waals surface area (Å²) < 4.78 is 22.9. The van der Waals surface area contributed by atoms with Gasteiger partial charge in [-0.3, -0.25) is 4.79 Å². The van der Waals surface area contributed by atoms with Crippen LogP contribution in [0.3, 0.4) is 0 Å².